The van der Waals surface area contributed by atoms with Gasteiger partial charge in [0.15, 0.2) is 6.10 Å². The molecule has 6 nitrogen and oxygen atoms in total. The summed E-state index contributed by atoms with van der Waals surface area (Å²) in [5.41, 5.74) is 0.533. The Balaban J connectivity index is 1.60. The minimum atomic E-state index is -0.994. The van der Waals surface area contributed by atoms with Gasteiger partial charge in [-0.3, -0.25) is 14.4 Å². The molecule has 138 valence electrons. The summed E-state index contributed by atoms with van der Waals surface area (Å²) in [5, 5.41) is 0.474. The molecular weight excluding hydrogens is 351 g/mol. The molecule has 0 amide bonds. The minimum Gasteiger partial charge on any atom is -0.454 e. The molecule has 0 saturated carbocycles. The number of benzene rings is 2. The van der Waals surface area contributed by atoms with Crippen LogP contribution in [0.1, 0.15) is 29.5 Å². The van der Waals surface area contributed by atoms with Crippen LogP contribution in [-0.2, 0) is 16.0 Å². The number of nitrogens with one attached hydrogen (secondary N) is 1. The van der Waals surface area contributed by atoms with Crippen molar-refractivity contribution in [1.82, 2.24) is 9.97 Å². The van der Waals surface area contributed by atoms with E-state index in [1.54, 1.807) is 24.3 Å². The van der Waals surface area contributed by atoms with Crippen LogP contribution >= 0.6 is 0 Å². The zero-order chi connectivity index (χ0) is 19.4. The molecule has 0 unspecified atom stereocenters. The summed E-state index contributed by atoms with van der Waals surface area (Å²) in [6.45, 7) is 1.46. The van der Waals surface area contributed by atoms with Gasteiger partial charge in [-0.05, 0) is 43.3 Å². The third-order valence-corrected chi connectivity index (χ3v) is 4.03. The summed E-state index contributed by atoms with van der Waals surface area (Å²) in [4.78, 5) is 43.2. The Morgan fingerprint density at radius 2 is 1.85 bits per heavy atom. The predicted octanol–water partition coefficient (Wildman–Crippen LogP) is 2.81. The lowest BCUT2D eigenvalue weighted by atomic mass is 10.1. The lowest BCUT2D eigenvalue weighted by molar-refractivity contribution is -0.146. The lowest BCUT2D eigenvalue weighted by Crippen LogP contribution is -2.25. The molecule has 1 N–H and O–H groups in total. The molecule has 0 aliphatic heterocycles. The van der Waals surface area contributed by atoms with Crippen molar-refractivity contribution < 1.29 is 18.7 Å². The molecule has 0 bridgehead atoms. The van der Waals surface area contributed by atoms with E-state index < -0.39 is 23.7 Å². The third kappa shape index (κ3) is 4.44. The maximum absolute atomic E-state index is 12.9. The van der Waals surface area contributed by atoms with Crippen LogP contribution in [0.2, 0.25) is 0 Å². The van der Waals surface area contributed by atoms with Crippen molar-refractivity contribution >= 4 is 22.7 Å². The van der Waals surface area contributed by atoms with Crippen molar-refractivity contribution in [2.24, 2.45) is 0 Å². The number of ether oxygens (including phenoxy) is 1. The maximum Gasteiger partial charge on any atom is 0.306 e. The van der Waals surface area contributed by atoms with Gasteiger partial charge in [0.25, 0.3) is 5.56 Å². The Labute approximate surface area is 154 Å². The highest BCUT2D eigenvalue weighted by atomic mass is 19.1. The van der Waals surface area contributed by atoms with Gasteiger partial charge < -0.3 is 9.72 Å². The monoisotopic (exact) mass is 368 g/mol. The molecule has 0 aliphatic rings. The Morgan fingerprint density at radius 3 is 2.59 bits per heavy atom. The van der Waals surface area contributed by atoms with E-state index in [0.29, 0.717) is 16.7 Å². The van der Waals surface area contributed by atoms with Gasteiger partial charge in [-0.25, -0.2) is 9.37 Å². The smallest absolute Gasteiger partial charge is 0.306 e. The first-order valence-electron chi connectivity index (χ1n) is 8.41. The molecule has 1 atom stereocenters. The Hall–Kier alpha value is -3.35. The lowest BCUT2D eigenvalue weighted by Gasteiger charge is -2.12. The normalized spacial score (nSPS) is 11.9. The number of Topliss-reactive ketones (excluding diaryl/α,β-unsaturated/α-hetero) is 1. The number of aryl methyl sites for hydroxylation is 1. The van der Waals surface area contributed by atoms with Gasteiger partial charge >= 0.3 is 5.97 Å². The van der Waals surface area contributed by atoms with Crippen LogP contribution in [-0.4, -0.2) is 27.8 Å². The minimum absolute atomic E-state index is 0.0394. The summed E-state index contributed by atoms with van der Waals surface area (Å²) in [6.07, 6.45) is -0.856. The molecular formula is C20H17FN2O4. The van der Waals surface area contributed by atoms with E-state index >= 15 is 0 Å². The molecule has 3 aromatic rings. The van der Waals surface area contributed by atoms with E-state index in [1.807, 2.05) is 0 Å². The zero-order valence-corrected chi connectivity index (χ0v) is 14.6. The highest BCUT2D eigenvalue weighted by molar-refractivity contribution is 6.00. The first-order valence-corrected chi connectivity index (χ1v) is 8.41. The number of ketones is 1. The predicted molar refractivity (Wildman–Crippen MR) is 97.0 cm³/mol. The van der Waals surface area contributed by atoms with E-state index in [9.17, 15) is 18.8 Å². The Bertz CT molecular complexity index is 1040. The molecule has 0 saturated heterocycles. The van der Waals surface area contributed by atoms with Crippen molar-refractivity contribution in [2.75, 3.05) is 0 Å². The number of aromatic amines is 1. The summed E-state index contributed by atoms with van der Waals surface area (Å²) in [5.74, 6) is -1.09. The number of carbonyl (C=O) groups is 2. The number of hydrogen-bond donors (Lipinski definition) is 1. The molecule has 0 spiro atoms. The van der Waals surface area contributed by atoms with Crippen LogP contribution in [0.15, 0.2) is 53.3 Å². The molecule has 0 radical (unpaired) electrons. The number of aromatic nitrogens is 2. The average Bonchev–Trinajstić information content (AvgIpc) is 2.66. The summed E-state index contributed by atoms with van der Waals surface area (Å²) >= 11 is 0. The van der Waals surface area contributed by atoms with Crippen LogP contribution < -0.4 is 5.56 Å². The fourth-order valence-corrected chi connectivity index (χ4v) is 2.63. The molecule has 7 heteroatoms. The largest absolute Gasteiger partial charge is 0.454 e. The van der Waals surface area contributed by atoms with Gasteiger partial charge in [0, 0.05) is 12.0 Å². The molecule has 27 heavy (non-hydrogen) atoms. The number of carbonyl (C=O) groups excluding carboxylic acids is 2. The van der Waals surface area contributed by atoms with Crippen LogP contribution in [0, 0.1) is 5.82 Å². The van der Waals surface area contributed by atoms with E-state index in [-0.39, 0.29) is 24.0 Å². The SMILES string of the molecule is C[C@@H](OC(=O)CCc1nc2ccccc2c(=O)[nH]1)C(=O)c1ccc(F)cc1. The van der Waals surface area contributed by atoms with Gasteiger partial charge in [-0.1, -0.05) is 12.1 Å². The van der Waals surface area contributed by atoms with Crippen LogP contribution in [0.25, 0.3) is 10.9 Å². The Kier molecular flexibility index (Phi) is 5.40. The highest BCUT2D eigenvalue weighted by Crippen LogP contribution is 2.10. The molecule has 1 heterocycles. The zero-order valence-electron chi connectivity index (χ0n) is 14.6. The Morgan fingerprint density at radius 1 is 1.15 bits per heavy atom. The number of hydrogen-bond acceptors (Lipinski definition) is 5. The maximum atomic E-state index is 12.9. The molecule has 1 aromatic heterocycles. The van der Waals surface area contributed by atoms with Crippen molar-refractivity contribution in [3.05, 3.63) is 76.1 Å². The van der Waals surface area contributed by atoms with Crippen LogP contribution in [0.3, 0.4) is 0 Å². The number of halogens is 1. The first-order chi connectivity index (χ1) is 12.9. The number of nitrogens with zero attached hydrogens (tertiary/aromatic N) is 1. The second-order valence-electron chi connectivity index (χ2n) is 6.03. The van der Waals surface area contributed by atoms with Crippen LogP contribution in [0.4, 0.5) is 4.39 Å². The van der Waals surface area contributed by atoms with Gasteiger partial charge in [-0.2, -0.15) is 0 Å². The standard InChI is InChI=1S/C20H17FN2O4/c1-12(19(25)13-6-8-14(21)9-7-13)27-18(24)11-10-17-22-16-5-3-2-4-15(16)20(26)23-17/h2-9,12H,10-11H2,1H3,(H,22,23,26)/t12-/m1/s1. The van der Waals surface area contributed by atoms with Gasteiger partial charge in [0.1, 0.15) is 11.6 Å². The summed E-state index contributed by atoms with van der Waals surface area (Å²) < 4.78 is 18.1. The molecule has 3 rings (SSSR count). The van der Waals surface area contributed by atoms with Crippen molar-refractivity contribution in [3.8, 4) is 0 Å². The van der Waals surface area contributed by atoms with Crippen LogP contribution in [0.5, 0.6) is 0 Å². The topological polar surface area (TPSA) is 89.1 Å². The number of H-pyrrole nitrogens is 1. The molecule has 2 aromatic carbocycles. The fraction of sp³-hybridized carbons (Fsp3) is 0.200. The first kappa shape index (κ1) is 18.4. The molecule has 0 aliphatic carbocycles. The molecule has 0 fully saturated rings. The third-order valence-electron chi connectivity index (χ3n) is 4.03. The highest BCUT2D eigenvalue weighted by Gasteiger charge is 2.19. The van der Waals surface area contributed by atoms with Crippen molar-refractivity contribution in [1.29, 1.82) is 0 Å². The quantitative estimate of drug-likeness (QED) is 0.534. The number of rotatable bonds is 6. The fourth-order valence-electron chi connectivity index (χ4n) is 2.63. The van der Waals surface area contributed by atoms with Gasteiger partial charge in [0.05, 0.1) is 17.3 Å². The number of fused-ring (bicyclic) bond motifs is 1. The summed E-state index contributed by atoms with van der Waals surface area (Å²) in [6, 6.07) is 11.9. The second-order valence-corrected chi connectivity index (χ2v) is 6.03. The second kappa shape index (κ2) is 7.90. The number of esters is 1. The van der Waals surface area contributed by atoms with Crippen molar-refractivity contribution in [2.45, 2.75) is 25.9 Å². The van der Waals surface area contributed by atoms with Gasteiger partial charge in [-0.15, -0.1) is 0 Å². The van der Waals surface area contributed by atoms with E-state index in [4.69, 9.17) is 4.74 Å². The van der Waals surface area contributed by atoms with Gasteiger partial charge in [0.2, 0.25) is 5.78 Å². The van der Waals surface area contributed by atoms with E-state index in [2.05, 4.69) is 9.97 Å². The van der Waals surface area contributed by atoms with E-state index in [0.717, 1.165) is 0 Å². The number of para-hydroxylation sites is 1. The van der Waals surface area contributed by atoms with Crippen molar-refractivity contribution in [3.63, 3.8) is 0 Å². The summed E-state index contributed by atoms with van der Waals surface area (Å²) in [7, 11) is 0. The average molecular weight is 368 g/mol. The van der Waals surface area contributed by atoms with E-state index in [1.165, 1.54) is 31.2 Å².